The van der Waals surface area contributed by atoms with Crippen LogP contribution in [0.4, 0.5) is 0 Å². The number of aliphatic hydroxyl groups excluding tert-OH is 1. The highest BCUT2D eigenvalue weighted by molar-refractivity contribution is 5.81. The minimum Gasteiger partial charge on any atom is -0.396 e. The van der Waals surface area contributed by atoms with Gasteiger partial charge in [0.05, 0.1) is 6.04 Å². The van der Waals surface area contributed by atoms with Crippen molar-refractivity contribution < 1.29 is 9.90 Å². The maximum Gasteiger partial charge on any atom is 0.237 e. The Bertz CT molecular complexity index is 156. The summed E-state index contributed by atoms with van der Waals surface area (Å²) in [6.07, 6.45) is 3.66. The molecule has 0 unspecified atom stereocenters. The van der Waals surface area contributed by atoms with Gasteiger partial charge in [-0.3, -0.25) is 4.79 Å². The SMILES string of the molecule is O=C(NCCCCO)[C@H]1CCCN1. The minimum absolute atomic E-state index is 0.0223. The van der Waals surface area contributed by atoms with Crippen LogP contribution in [0.5, 0.6) is 0 Å². The lowest BCUT2D eigenvalue weighted by Gasteiger charge is -2.10. The first kappa shape index (κ1) is 10.5. The molecule has 0 aromatic heterocycles. The van der Waals surface area contributed by atoms with E-state index in [-0.39, 0.29) is 18.6 Å². The van der Waals surface area contributed by atoms with Crippen LogP contribution in [0.15, 0.2) is 0 Å². The Morgan fingerprint density at radius 2 is 2.38 bits per heavy atom. The van der Waals surface area contributed by atoms with Gasteiger partial charge in [0.1, 0.15) is 0 Å². The van der Waals surface area contributed by atoms with Gasteiger partial charge in [0.15, 0.2) is 0 Å². The Morgan fingerprint density at radius 1 is 1.54 bits per heavy atom. The highest BCUT2D eigenvalue weighted by atomic mass is 16.2. The van der Waals surface area contributed by atoms with Gasteiger partial charge in [0, 0.05) is 13.2 Å². The fraction of sp³-hybridized carbons (Fsp3) is 0.889. The number of unbranched alkanes of at least 4 members (excludes halogenated alkanes) is 1. The molecule has 0 aromatic carbocycles. The summed E-state index contributed by atoms with van der Waals surface area (Å²) in [7, 11) is 0. The summed E-state index contributed by atoms with van der Waals surface area (Å²) >= 11 is 0. The van der Waals surface area contributed by atoms with E-state index in [1.165, 1.54) is 0 Å². The lowest BCUT2D eigenvalue weighted by Crippen LogP contribution is -2.40. The van der Waals surface area contributed by atoms with Crippen LogP contribution in [0.25, 0.3) is 0 Å². The lowest BCUT2D eigenvalue weighted by molar-refractivity contribution is -0.122. The van der Waals surface area contributed by atoms with Crippen molar-refractivity contribution in [1.29, 1.82) is 0 Å². The molecule has 13 heavy (non-hydrogen) atoms. The summed E-state index contributed by atoms with van der Waals surface area (Å²) in [6, 6.07) is 0.0223. The zero-order valence-electron chi connectivity index (χ0n) is 7.88. The third-order valence-corrected chi connectivity index (χ3v) is 2.26. The third kappa shape index (κ3) is 3.74. The van der Waals surface area contributed by atoms with Crippen LogP contribution < -0.4 is 10.6 Å². The van der Waals surface area contributed by atoms with Crippen LogP contribution in [0.2, 0.25) is 0 Å². The maximum atomic E-state index is 11.4. The van der Waals surface area contributed by atoms with Crippen molar-refractivity contribution in [2.45, 2.75) is 31.7 Å². The highest BCUT2D eigenvalue weighted by Crippen LogP contribution is 2.04. The van der Waals surface area contributed by atoms with Crippen molar-refractivity contribution in [1.82, 2.24) is 10.6 Å². The van der Waals surface area contributed by atoms with Crippen molar-refractivity contribution in [3.05, 3.63) is 0 Å². The van der Waals surface area contributed by atoms with E-state index in [0.717, 1.165) is 32.2 Å². The standard InChI is InChI=1S/C9H18N2O2/c12-7-2-1-5-11-9(13)8-4-3-6-10-8/h8,10,12H,1-7H2,(H,11,13)/t8-/m1/s1. The Hall–Kier alpha value is -0.610. The predicted molar refractivity (Wildman–Crippen MR) is 50.4 cm³/mol. The van der Waals surface area contributed by atoms with Gasteiger partial charge in [-0.1, -0.05) is 0 Å². The van der Waals surface area contributed by atoms with E-state index in [1.54, 1.807) is 0 Å². The van der Waals surface area contributed by atoms with E-state index in [1.807, 2.05) is 0 Å². The second-order valence-electron chi connectivity index (χ2n) is 3.37. The van der Waals surface area contributed by atoms with Crippen LogP contribution >= 0.6 is 0 Å². The first-order valence-corrected chi connectivity index (χ1v) is 4.96. The number of carbonyl (C=O) groups is 1. The summed E-state index contributed by atoms with van der Waals surface area (Å²) in [5, 5.41) is 14.5. The Balaban J connectivity index is 2.03. The van der Waals surface area contributed by atoms with Gasteiger partial charge in [-0.15, -0.1) is 0 Å². The van der Waals surface area contributed by atoms with Gasteiger partial charge >= 0.3 is 0 Å². The summed E-state index contributed by atoms with van der Waals surface area (Å²) < 4.78 is 0. The van der Waals surface area contributed by atoms with E-state index in [0.29, 0.717) is 6.54 Å². The minimum atomic E-state index is 0.0223. The van der Waals surface area contributed by atoms with Crippen molar-refractivity contribution >= 4 is 5.91 Å². The second kappa shape index (κ2) is 5.94. The van der Waals surface area contributed by atoms with Crippen molar-refractivity contribution in [2.24, 2.45) is 0 Å². The average Bonchev–Trinajstić information content (AvgIpc) is 2.65. The molecule has 0 aromatic rings. The number of carbonyl (C=O) groups excluding carboxylic acids is 1. The molecule has 1 aliphatic rings. The third-order valence-electron chi connectivity index (χ3n) is 2.26. The number of amides is 1. The Morgan fingerprint density at radius 3 is 3.00 bits per heavy atom. The zero-order valence-corrected chi connectivity index (χ0v) is 7.88. The highest BCUT2D eigenvalue weighted by Gasteiger charge is 2.20. The molecule has 4 nitrogen and oxygen atoms in total. The van der Waals surface area contributed by atoms with Crippen LogP contribution in [-0.2, 0) is 4.79 Å². The van der Waals surface area contributed by atoms with Crippen molar-refractivity contribution in [3.8, 4) is 0 Å². The zero-order chi connectivity index (χ0) is 9.52. The molecule has 1 saturated heterocycles. The fourth-order valence-corrected chi connectivity index (χ4v) is 1.48. The van der Waals surface area contributed by atoms with Gasteiger partial charge < -0.3 is 15.7 Å². The maximum absolute atomic E-state index is 11.4. The number of rotatable bonds is 5. The monoisotopic (exact) mass is 186 g/mol. The second-order valence-corrected chi connectivity index (χ2v) is 3.37. The topological polar surface area (TPSA) is 61.4 Å². The number of hydrogen-bond acceptors (Lipinski definition) is 3. The summed E-state index contributed by atoms with van der Waals surface area (Å²) in [4.78, 5) is 11.4. The molecule has 0 bridgehead atoms. The van der Waals surface area contributed by atoms with Crippen molar-refractivity contribution in [2.75, 3.05) is 19.7 Å². The molecule has 4 heteroatoms. The molecule has 1 fully saturated rings. The largest absolute Gasteiger partial charge is 0.396 e. The van der Waals surface area contributed by atoms with Crippen LogP contribution in [0, 0.1) is 0 Å². The first-order chi connectivity index (χ1) is 6.34. The van der Waals surface area contributed by atoms with E-state index in [9.17, 15) is 4.79 Å². The van der Waals surface area contributed by atoms with Gasteiger partial charge in [0.2, 0.25) is 5.91 Å². The molecule has 1 rings (SSSR count). The summed E-state index contributed by atoms with van der Waals surface area (Å²) in [5.74, 6) is 0.107. The smallest absolute Gasteiger partial charge is 0.237 e. The normalized spacial score (nSPS) is 21.8. The van der Waals surface area contributed by atoms with E-state index < -0.39 is 0 Å². The Kier molecular flexibility index (Phi) is 4.78. The molecule has 76 valence electrons. The fourth-order valence-electron chi connectivity index (χ4n) is 1.48. The molecule has 1 amide bonds. The summed E-state index contributed by atoms with van der Waals surface area (Å²) in [5.41, 5.74) is 0. The van der Waals surface area contributed by atoms with E-state index in [2.05, 4.69) is 10.6 Å². The average molecular weight is 186 g/mol. The molecule has 0 spiro atoms. The van der Waals surface area contributed by atoms with Crippen LogP contribution in [0.3, 0.4) is 0 Å². The molecule has 0 aliphatic carbocycles. The van der Waals surface area contributed by atoms with E-state index >= 15 is 0 Å². The van der Waals surface area contributed by atoms with Gasteiger partial charge in [-0.05, 0) is 32.2 Å². The van der Waals surface area contributed by atoms with Crippen LogP contribution in [0.1, 0.15) is 25.7 Å². The molecule has 1 aliphatic heterocycles. The quantitative estimate of drug-likeness (QED) is 0.513. The first-order valence-electron chi connectivity index (χ1n) is 4.96. The molecule has 1 heterocycles. The molecule has 0 radical (unpaired) electrons. The number of aliphatic hydroxyl groups is 1. The molecule has 3 N–H and O–H groups in total. The van der Waals surface area contributed by atoms with E-state index in [4.69, 9.17) is 5.11 Å². The van der Waals surface area contributed by atoms with Gasteiger partial charge in [0.25, 0.3) is 0 Å². The molecular formula is C9H18N2O2. The van der Waals surface area contributed by atoms with Gasteiger partial charge in [-0.25, -0.2) is 0 Å². The van der Waals surface area contributed by atoms with Gasteiger partial charge in [-0.2, -0.15) is 0 Å². The molecule has 1 atom stereocenters. The van der Waals surface area contributed by atoms with Crippen molar-refractivity contribution in [3.63, 3.8) is 0 Å². The number of nitrogens with one attached hydrogen (secondary N) is 2. The molecular weight excluding hydrogens is 168 g/mol. The van der Waals surface area contributed by atoms with Crippen LogP contribution in [-0.4, -0.2) is 36.8 Å². The molecule has 0 saturated carbocycles. The number of hydrogen-bond donors (Lipinski definition) is 3. The Labute approximate surface area is 78.7 Å². The predicted octanol–water partition coefficient (Wildman–Crippen LogP) is -0.373. The summed E-state index contributed by atoms with van der Waals surface area (Å²) in [6.45, 7) is 1.84. The lowest BCUT2D eigenvalue weighted by atomic mass is 10.2.